The maximum Gasteiger partial charge on any atom is 0.404 e. The van der Waals surface area contributed by atoms with Gasteiger partial charge in [-0.05, 0) is 18.3 Å². The van der Waals surface area contributed by atoms with Crippen LogP contribution in [-0.2, 0) is 0 Å². The molecule has 3 N–H and O–H groups in total. The smallest absolute Gasteiger partial charge is 0.404 e. The first-order valence-electron chi connectivity index (χ1n) is 5.62. The summed E-state index contributed by atoms with van der Waals surface area (Å²) in [7, 11) is 0. The topological polar surface area (TPSA) is 61.4 Å². The first-order valence-corrected chi connectivity index (χ1v) is 5.62. The first-order chi connectivity index (χ1) is 6.89. The third-order valence-corrected chi connectivity index (χ3v) is 3.06. The van der Waals surface area contributed by atoms with E-state index in [4.69, 9.17) is 5.11 Å². The molecular formula is C11H22N2O2. The molecule has 1 saturated carbocycles. The van der Waals surface area contributed by atoms with Crippen LogP contribution in [0, 0.1) is 5.41 Å². The molecule has 0 aromatic rings. The van der Waals surface area contributed by atoms with Gasteiger partial charge in [0.15, 0.2) is 0 Å². The van der Waals surface area contributed by atoms with Crippen LogP contribution in [0.4, 0.5) is 4.79 Å². The van der Waals surface area contributed by atoms with Gasteiger partial charge in [-0.1, -0.05) is 27.2 Å². The third kappa shape index (κ3) is 4.08. The van der Waals surface area contributed by atoms with Gasteiger partial charge in [0.1, 0.15) is 0 Å². The Morgan fingerprint density at radius 3 is 2.40 bits per heavy atom. The molecule has 1 rings (SSSR count). The molecule has 4 nitrogen and oxygen atoms in total. The minimum absolute atomic E-state index is 0.0319. The lowest BCUT2D eigenvalue weighted by Gasteiger charge is -2.34. The van der Waals surface area contributed by atoms with Crippen LogP contribution in [0.2, 0.25) is 0 Å². The molecule has 1 aliphatic rings. The van der Waals surface area contributed by atoms with Crippen molar-refractivity contribution >= 4 is 6.09 Å². The van der Waals surface area contributed by atoms with Gasteiger partial charge >= 0.3 is 6.09 Å². The molecule has 0 saturated heterocycles. The van der Waals surface area contributed by atoms with Crippen molar-refractivity contribution in [2.75, 3.05) is 6.54 Å². The second-order valence-corrected chi connectivity index (χ2v) is 5.40. The Kier molecular flexibility index (Phi) is 3.97. The maximum atomic E-state index is 10.6. The average Bonchev–Trinajstić information content (AvgIpc) is 1.96. The average molecular weight is 214 g/mol. The summed E-state index contributed by atoms with van der Waals surface area (Å²) in [6.07, 6.45) is 2.81. The molecule has 0 spiro atoms. The summed E-state index contributed by atoms with van der Waals surface area (Å²) in [6, 6.07) is 0.570. The fourth-order valence-corrected chi connectivity index (χ4v) is 1.62. The molecule has 0 radical (unpaired) electrons. The summed E-state index contributed by atoms with van der Waals surface area (Å²) in [4.78, 5) is 10.6. The number of rotatable bonds is 4. The highest BCUT2D eigenvalue weighted by molar-refractivity contribution is 5.65. The van der Waals surface area contributed by atoms with Crippen molar-refractivity contribution in [3.63, 3.8) is 0 Å². The maximum absolute atomic E-state index is 10.6. The van der Waals surface area contributed by atoms with Crippen LogP contribution in [0.3, 0.4) is 0 Å². The van der Waals surface area contributed by atoms with Crippen LogP contribution >= 0.6 is 0 Å². The van der Waals surface area contributed by atoms with Crippen LogP contribution in [0.25, 0.3) is 0 Å². The van der Waals surface area contributed by atoms with Crippen LogP contribution in [0.15, 0.2) is 0 Å². The summed E-state index contributed by atoms with van der Waals surface area (Å²) >= 11 is 0. The van der Waals surface area contributed by atoms with Gasteiger partial charge in [-0.15, -0.1) is 0 Å². The van der Waals surface area contributed by atoms with Gasteiger partial charge < -0.3 is 15.7 Å². The van der Waals surface area contributed by atoms with E-state index >= 15 is 0 Å². The number of hydrogen-bond acceptors (Lipinski definition) is 2. The van der Waals surface area contributed by atoms with E-state index in [1.54, 1.807) is 0 Å². The second-order valence-electron chi connectivity index (χ2n) is 5.40. The van der Waals surface area contributed by atoms with E-state index in [9.17, 15) is 4.79 Å². The van der Waals surface area contributed by atoms with Gasteiger partial charge in [0, 0.05) is 18.6 Å². The fraction of sp³-hybridized carbons (Fsp3) is 0.909. The largest absolute Gasteiger partial charge is 0.465 e. The van der Waals surface area contributed by atoms with Gasteiger partial charge in [0.05, 0.1) is 0 Å². The van der Waals surface area contributed by atoms with Gasteiger partial charge in [-0.2, -0.15) is 0 Å². The molecular weight excluding hydrogens is 192 g/mol. The predicted octanol–water partition coefficient (Wildman–Crippen LogP) is 1.81. The number of amides is 1. The fourth-order valence-electron chi connectivity index (χ4n) is 1.62. The summed E-state index contributed by atoms with van der Waals surface area (Å²) in [5, 5.41) is 14.7. The van der Waals surface area contributed by atoms with Crippen molar-refractivity contribution < 1.29 is 9.90 Å². The lowest BCUT2D eigenvalue weighted by atomic mass is 9.85. The molecule has 15 heavy (non-hydrogen) atoms. The quantitative estimate of drug-likeness (QED) is 0.669. The lowest BCUT2D eigenvalue weighted by molar-refractivity contribution is 0.170. The molecule has 1 unspecified atom stereocenters. The lowest BCUT2D eigenvalue weighted by Crippen LogP contribution is -2.52. The Hall–Kier alpha value is -0.770. The van der Waals surface area contributed by atoms with Gasteiger partial charge in [0.2, 0.25) is 0 Å². The monoisotopic (exact) mass is 214 g/mol. The Morgan fingerprint density at radius 2 is 2.07 bits per heavy atom. The van der Waals surface area contributed by atoms with E-state index < -0.39 is 6.09 Å². The van der Waals surface area contributed by atoms with Gasteiger partial charge in [0.25, 0.3) is 0 Å². The van der Waals surface area contributed by atoms with Gasteiger partial charge in [-0.25, -0.2) is 4.79 Å². The Bertz CT molecular complexity index is 219. The molecule has 0 aromatic heterocycles. The molecule has 4 heteroatoms. The van der Waals surface area contributed by atoms with Crippen molar-refractivity contribution in [2.24, 2.45) is 5.41 Å². The number of hydrogen-bond donors (Lipinski definition) is 3. The Labute approximate surface area is 91.4 Å². The zero-order valence-corrected chi connectivity index (χ0v) is 9.84. The van der Waals surface area contributed by atoms with E-state index in [1.165, 1.54) is 19.3 Å². The Morgan fingerprint density at radius 1 is 1.47 bits per heavy atom. The van der Waals surface area contributed by atoms with Crippen molar-refractivity contribution in [1.82, 2.24) is 10.6 Å². The minimum Gasteiger partial charge on any atom is -0.465 e. The van der Waals surface area contributed by atoms with Crippen LogP contribution in [0.5, 0.6) is 0 Å². The van der Waals surface area contributed by atoms with E-state index in [1.807, 2.05) is 0 Å². The molecule has 0 heterocycles. The van der Waals surface area contributed by atoms with Crippen LogP contribution < -0.4 is 10.6 Å². The highest BCUT2D eigenvalue weighted by Gasteiger charge is 2.27. The molecule has 88 valence electrons. The minimum atomic E-state index is -0.940. The van der Waals surface area contributed by atoms with E-state index in [0.29, 0.717) is 6.04 Å². The summed E-state index contributed by atoms with van der Waals surface area (Å²) in [5.74, 6) is 0. The SMILES string of the molecule is CC(C)(C)C(CNC1CCC1)NC(=O)O. The zero-order chi connectivity index (χ0) is 11.5. The highest BCUT2D eigenvalue weighted by atomic mass is 16.4. The second kappa shape index (κ2) is 4.84. The zero-order valence-electron chi connectivity index (χ0n) is 9.84. The summed E-state index contributed by atoms with van der Waals surface area (Å²) in [5.41, 5.74) is -0.0465. The van der Waals surface area contributed by atoms with Crippen molar-refractivity contribution in [2.45, 2.75) is 52.1 Å². The number of nitrogens with one attached hydrogen (secondary N) is 2. The molecule has 1 atom stereocenters. The van der Waals surface area contributed by atoms with Crippen LogP contribution in [0.1, 0.15) is 40.0 Å². The number of carboxylic acid groups (broad SMARTS) is 1. The molecule has 0 aliphatic heterocycles. The van der Waals surface area contributed by atoms with E-state index in [0.717, 1.165) is 6.54 Å². The Balaban J connectivity index is 2.37. The van der Waals surface area contributed by atoms with Crippen molar-refractivity contribution in [3.8, 4) is 0 Å². The normalized spacial score (nSPS) is 19.4. The first kappa shape index (κ1) is 12.3. The van der Waals surface area contributed by atoms with Gasteiger partial charge in [-0.3, -0.25) is 0 Å². The van der Waals surface area contributed by atoms with E-state index in [2.05, 4.69) is 31.4 Å². The summed E-state index contributed by atoms with van der Waals surface area (Å²) < 4.78 is 0. The van der Waals surface area contributed by atoms with E-state index in [-0.39, 0.29) is 11.5 Å². The van der Waals surface area contributed by atoms with Crippen molar-refractivity contribution in [3.05, 3.63) is 0 Å². The molecule has 0 bridgehead atoms. The summed E-state index contributed by atoms with van der Waals surface area (Å²) in [6.45, 7) is 6.88. The number of carbonyl (C=O) groups is 1. The predicted molar refractivity (Wildman–Crippen MR) is 60.0 cm³/mol. The van der Waals surface area contributed by atoms with Crippen molar-refractivity contribution in [1.29, 1.82) is 0 Å². The molecule has 1 aliphatic carbocycles. The highest BCUT2D eigenvalue weighted by Crippen LogP contribution is 2.21. The standard InChI is InChI=1S/C11H22N2O2/c1-11(2,3)9(13-10(14)15)7-12-8-5-4-6-8/h8-9,12-13H,4-7H2,1-3H3,(H,14,15). The van der Waals surface area contributed by atoms with Crippen LogP contribution in [-0.4, -0.2) is 29.8 Å². The molecule has 0 aromatic carbocycles. The molecule has 1 amide bonds. The third-order valence-electron chi connectivity index (χ3n) is 3.06. The molecule has 1 fully saturated rings.